The van der Waals surface area contributed by atoms with E-state index in [0.717, 1.165) is 34.6 Å². The number of pyridine rings is 1. The molecule has 4 heterocycles. The van der Waals surface area contributed by atoms with E-state index < -0.39 is 0 Å². The quantitative estimate of drug-likeness (QED) is 0.453. The second kappa shape index (κ2) is 6.78. The minimum absolute atomic E-state index is 0.0756. The highest BCUT2D eigenvalue weighted by Crippen LogP contribution is 2.38. The summed E-state index contributed by atoms with van der Waals surface area (Å²) in [7, 11) is 0. The van der Waals surface area contributed by atoms with Crippen molar-refractivity contribution < 1.29 is 9.21 Å². The molecule has 0 aliphatic carbocycles. The largest absolute Gasteiger partial charge is 0.461 e. The number of carbonyl (C=O) groups is 1. The zero-order valence-electron chi connectivity index (χ0n) is 16.2. The molecule has 0 bridgehead atoms. The third kappa shape index (κ3) is 3.02. The maximum atomic E-state index is 13.3. The molecule has 6 heteroatoms. The fourth-order valence-electron chi connectivity index (χ4n) is 4.20. The Hall–Kier alpha value is -3.05. The van der Waals surface area contributed by atoms with Crippen LogP contribution >= 0.6 is 11.6 Å². The smallest absolute Gasteiger partial charge is 0.274 e. The third-order valence-corrected chi connectivity index (χ3v) is 5.84. The Labute approximate surface area is 173 Å². The molecule has 146 valence electrons. The molecule has 5 nitrogen and oxygen atoms in total. The average Bonchev–Trinajstić information content (AvgIpc) is 3.33. The van der Waals surface area contributed by atoms with Crippen LogP contribution in [0.2, 0.25) is 5.02 Å². The molecule has 1 aliphatic heterocycles. The van der Waals surface area contributed by atoms with E-state index >= 15 is 0 Å². The number of halogens is 1. The summed E-state index contributed by atoms with van der Waals surface area (Å²) in [6.45, 7) is 4.66. The molecule has 0 spiro atoms. The number of aromatic nitrogens is 2. The Balaban J connectivity index is 1.53. The number of furan rings is 1. The first-order valence-corrected chi connectivity index (χ1v) is 10.0. The van der Waals surface area contributed by atoms with E-state index in [2.05, 4.69) is 30.2 Å². The van der Waals surface area contributed by atoms with Crippen molar-refractivity contribution in [3.63, 3.8) is 0 Å². The van der Waals surface area contributed by atoms with Gasteiger partial charge in [-0.2, -0.15) is 5.10 Å². The van der Waals surface area contributed by atoms with Gasteiger partial charge in [0.2, 0.25) is 0 Å². The predicted octanol–water partition coefficient (Wildman–Crippen LogP) is 5.32. The summed E-state index contributed by atoms with van der Waals surface area (Å²) in [5, 5.41) is 5.03. The lowest BCUT2D eigenvalue weighted by Crippen LogP contribution is -2.39. The van der Waals surface area contributed by atoms with Crippen molar-refractivity contribution in [3.05, 3.63) is 82.3 Å². The lowest BCUT2D eigenvalue weighted by Gasteiger charge is -2.36. The monoisotopic (exact) mass is 405 g/mol. The summed E-state index contributed by atoms with van der Waals surface area (Å²) in [5.74, 6) is 1.63. The van der Waals surface area contributed by atoms with E-state index in [9.17, 15) is 4.79 Å². The first-order chi connectivity index (χ1) is 14.0. The minimum Gasteiger partial charge on any atom is -0.461 e. The third-order valence-electron chi connectivity index (χ3n) is 5.61. The Morgan fingerprint density at radius 3 is 2.86 bits per heavy atom. The maximum absolute atomic E-state index is 13.3. The van der Waals surface area contributed by atoms with Gasteiger partial charge in [-0.1, -0.05) is 29.8 Å². The number of aryl methyl sites for hydroxylation is 1. The van der Waals surface area contributed by atoms with Gasteiger partial charge in [0.1, 0.15) is 11.5 Å². The maximum Gasteiger partial charge on any atom is 0.274 e. The molecule has 1 aromatic carbocycles. The van der Waals surface area contributed by atoms with Crippen LogP contribution in [0, 0.1) is 6.92 Å². The molecule has 0 N–H and O–H groups in total. The molecule has 0 saturated heterocycles. The first-order valence-electron chi connectivity index (χ1n) is 9.66. The summed E-state index contributed by atoms with van der Waals surface area (Å²) in [5.41, 5.74) is 4.72. The van der Waals surface area contributed by atoms with Crippen molar-refractivity contribution in [3.8, 4) is 11.3 Å². The number of hydrogen-bond donors (Lipinski definition) is 0. The second-order valence-electron chi connectivity index (χ2n) is 7.46. The fraction of sp³-hybridized carbons (Fsp3) is 0.217. The molecule has 1 atom stereocenters. The number of carbonyl (C=O) groups excluding carboxylic acids is 1. The van der Waals surface area contributed by atoms with E-state index in [1.54, 1.807) is 16.8 Å². The van der Waals surface area contributed by atoms with Crippen LogP contribution in [0.3, 0.4) is 0 Å². The van der Waals surface area contributed by atoms with Crippen LogP contribution in [-0.2, 0) is 6.42 Å². The van der Waals surface area contributed by atoms with E-state index in [1.165, 1.54) is 5.56 Å². The van der Waals surface area contributed by atoms with Crippen LogP contribution in [-0.4, -0.2) is 27.0 Å². The zero-order valence-corrected chi connectivity index (χ0v) is 17.0. The molecule has 0 fully saturated rings. The highest BCUT2D eigenvalue weighted by Gasteiger charge is 2.32. The van der Waals surface area contributed by atoms with Crippen molar-refractivity contribution in [2.24, 2.45) is 0 Å². The molecule has 1 amide bonds. The van der Waals surface area contributed by atoms with Crippen LogP contribution in [0.4, 0.5) is 0 Å². The second-order valence-corrected chi connectivity index (χ2v) is 7.90. The standard InChI is InChI=1S/C23H20ClN3O2/c1-14-6-9-21(29-14)19-5-3-4-16-10-11-26(15(2)22(16)19)23(28)20-12-18-8-7-17(24)13-27(18)25-20/h3-9,12-13,15H,10-11H2,1-2H3. The summed E-state index contributed by atoms with van der Waals surface area (Å²) >= 11 is 6.05. The molecule has 0 radical (unpaired) electrons. The molecular formula is C23H20ClN3O2. The van der Waals surface area contributed by atoms with Gasteiger partial charge in [-0.3, -0.25) is 4.79 Å². The number of amides is 1. The highest BCUT2D eigenvalue weighted by molar-refractivity contribution is 6.30. The van der Waals surface area contributed by atoms with Crippen molar-refractivity contribution in [2.75, 3.05) is 6.54 Å². The van der Waals surface area contributed by atoms with E-state index in [4.69, 9.17) is 16.0 Å². The molecular weight excluding hydrogens is 386 g/mol. The number of nitrogens with zero attached hydrogens (tertiary/aromatic N) is 3. The van der Waals surface area contributed by atoms with Crippen LogP contribution in [0.5, 0.6) is 0 Å². The lowest BCUT2D eigenvalue weighted by molar-refractivity contribution is 0.0671. The fourth-order valence-corrected chi connectivity index (χ4v) is 4.36. The summed E-state index contributed by atoms with van der Waals surface area (Å²) in [4.78, 5) is 15.2. The normalized spacial score (nSPS) is 16.2. The van der Waals surface area contributed by atoms with E-state index in [0.29, 0.717) is 17.3 Å². The highest BCUT2D eigenvalue weighted by atomic mass is 35.5. The van der Waals surface area contributed by atoms with Gasteiger partial charge in [-0.05, 0) is 61.7 Å². The van der Waals surface area contributed by atoms with Crippen LogP contribution < -0.4 is 0 Å². The van der Waals surface area contributed by atoms with Crippen molar-refractivity contribution >= 4 is 23.0 Å². The van der Waals surface area contributed by atoms with Gasteiger partial charge < -0.3 is 9.32 Å². The molecule has 3 aromatic heterocycles. The molecule has 4 aromatic rings. The Morgan fingerprint density at radius 2 is 2.07 bits per heavy atom. The topological polar surface area (TPSA) is 50.8 Å². The zero-order chi connectivity index (χ0) is 20.1. The number of rotatable bonds is 2. The predicted molar refractivity (Wildman–Crippen MR) is 112 cm³/mol. The molecule has 29 heavy (non-hydrogen) atoms. The van der Waals surface area contributed by atoms with Crippen molar-refractivity contribution in [2.45, 2.75) is 26.3 Å². The van der Waals surface area contributed by atoms with Gasteiger partial charge in [0.05, 0.1) is 16.6 Å². The Kier molecular flexibility index (Phi) is 4.21. The summed E-state index contributed by atoms with van der Waals surface area (Å²) < 4.78 is 7.53. The van der Waals surface area contributed by atoms with Crippen molar-refractivity contribution in [1.82, 2.24) is 14.5 Å². The summed E-state index contributed by atoms with van der Waals surface area (Å²) in [6, 6.07) is 15.6. The Bertz CT molecular complexity index is 1240. The van der Waals surface area contributed by atoms with Gasteiger partial charge in [0, 0.05) is 18.3 Å². The van der Waals surface area contributed by atoms with Gasteiger partial charge in [0.25, 0.3) is 5.91 Å². The number of fused-ring (bicyclic) bond motifs is 2. The lowest BCUT2D eigenvalue weighted by atomic mass is 9.88. The minimum atomic E-state index is -0.0822. The number of hydrogen-bond acceptors (Lipinski definition) is 3. The SMILES string of the molecule is Cc1ccc(-c2cccc3c2C(C)N(C(=O)c2cc4ccc(Cl)cn4n2)CC3)o1. The summed E-state index contributed by atoms with van der Waals surface area (Å²) in [6.07, 6.45) is 2.51. The first kappa shape index (κ1) is 18.0. The van der Waals surface area contributed by atoms with Gasteiger partial charge >= 0.3 is 0 Å². The van der Waals surface area contributed by atoms with Crippen LogP contribution in [0.15, 0.2) is 59.1 Å². The number of benzene rings is 1. The van der Waals surface area contributed by atoms with E-state index in [-0.39, 0.29) is 11.9 Å². The molecule has 5 rings (SSSR count). The molecule has 1 unspecified atom stereocenters. The van der Waals surface area contributed by atoms with E-state index in [1.807, 2.05) is 36.1 Å². The molecule has 1 aliphatic rings. The average molecular weight is 406 g/mol. The van der Waals surface area contributed by atoms with Crippen LogP contribution in [0.25, 0.3) is 16.8 Å². The van der Waals surface area contributed by atoms with Crippen LogP contribution in [0.1, 0.15) is 40.3 Å². The van der Waals surface area contributed by atoms with Gasteiger partial charge in [-0.15, -0.1) is 0 Å². The van der Waals surface area contributed by atoms with Gasteiger partial charge in [0.15, 0.2) is 5.69 Å². The van der Waals surface area contributed by atoms with Crippen molar-refractivity contribution in [1.29, 1.82) is 0 Å². The Morgan fingerprint density at radius 1 is 1.21 bits per heavy atom. The van der Waals surface area contributed by atoms with Gasteiger partial charge in [-0.25, -0.2) is 4.52 Å². The molecule has 0 saturated carbocycles.